The minimum absolute atomic E-state index is 0. The zero-order valence-corrected chi connectivity index (χ0v) is 11.8. The molecule has 1 aliphatic heterocycles. The third-order valence-corrected chi connectivity index (χ3v) is 4.17. The molecule has 0 unspecified atom stereocenters. The Bertz CT molecular complexity index is 548. The average Bonchev–Trinajstić information content (AvgIpc) is 2.92. The van der Waals surface area contributed by atoms with Gasteiger partial charge in [-0.25, -0.2) is 9.47 Å². The molecule has 3 rings (SSSR count). The van der Waals surface area contributed by atoms with Gasteiger partial charge in [0, 0.05) is 5.38 Å². The summed E-state index contributed by atoms with van der Waals surface area (Å²) in [5.41, 5.74) is 2.61. The molecule has 0 N–H and O–H groups in total. The fraction of sp³-hybridized carbons (Fsp3) is 0.214. The van der Waals surface area contributed by atoms with E-state index in [1.165, 1.54) is 16.4 Å². The Morgan fingerprint density at radius 2 is 2.06 bits per heavy atom. The number of benzene rings is 1. The standard InChI is InChI=1S/C14H15N2S.ClH/c1-12-11-17-14-15(9-10-16(12)14)8-7-13-5-3-2-4-6-13;/h2-8,11H,9-10H2,1H3;1H/q+1;/p-1. The van der Waals surface area contributed by atoms with Crippen molar-refractivity contribution in [1.82, 2.24) is 0 Å². The van der Waals surface area contributed by atoms with Crippen molar-refractivity contribution in [3.8, 4) is 0 Å². The highest BCUT2D eigenvalue weighted by molar-refractivity contribution is 7.13. The summed E-state index contributed by atoms with van der Waals surface area (Å²) in [5.74, 6) is 0. The Labute approximate surface area is 118 Å². The minimum Gasteiger partial charge on any atom is -1.00 e. The summed E-state index contributed by atoms with van der Waals surface area (Å²) in [6.45, 7) is 4.35. The van der Waals surface area contributed by atoms with E-state index < -0.39 is 0 Å². The van der Waals surface area contributed by atoms with Crippen LogP contribution < -0.4 is 21.9 Å². The lowest BCUT2D eigenvalue weighted by atomic mass is 10.2. The topological polar surface area (TPSA) is 7.12 Å². The molecule has 0 amide bonds. The Hall–Kier alpha value is -1.32. The molecule has 0 atom stereocenters. The van der Waals surface area contributed by atoms with Gasteiger partial charge in [-0.1, -0.05) is 41.7 Å². The first-order valence-corrected chi connectivity index (χ1v) is 6.70. The Morgan fingerprint density at radius 3 is 2.83 bits per heavy atom. The van der Waals surface area contributed by atoms with Crippen LogP contribution in [0.2, 0.25) is 0 Å². The molecule has 0 aliphatic carbocycles. The maximum Gasteiger partial charge on any atom is 0.341 e. The molecule has 1 aromatic heterocycles. The fourth-order valence-corrected chi connectivity index (χ4v) is 3.15. The SMILES string of the molecule is Cc1csc2[n+]1CCN2C=Cc1ccccc1.[Cl-]. The van der Waals surface area contributed by atoms with Crippen LogP contribution in [0.3, 0.4) is 0 Å². The van der Waals surface area contributed by atoms with Crippen LogP contribution in [0.25, 0.3) is 6.08 Å². The quantitative estimate of drug-likeness (QED) is 0.693. The number of fused-ring (bicyclic) bond motifs is 1. The molecule has 0 bridgehead atoms. The first-order chi connectivity index (χ1) is 8.34. The molecular weight excluding hydrogens is 264 g/mol. The molecule has 18 heavy (non-hydrogen) atoms. The molecule has 2 heterocycles. The zero-order chi connectivity index (χ0) is 11.7. The van der Waals surface area contributed by atoms with Gasteiger partial charge in [-0.05, 0) is 18.6 Å². The number of aromatic nitrogens is 1. The normalized spacial score (nSPS) is 13.7. The van der Waals surface area contributed by atoms with Gasteiger partial charge < -0.3 is 12.4 Å². The lowest BCUT2D eigenvalue weighted by Gasteiger charge is -2.00. The molecule has 0 fully saturated rings. The number of nitrogens with zero attached hydrogens (tertiary/aromatic N) is 2. The average molecular weight is 279 g/mol. The van der Waals surface area contributed by atoms with E-state index in [-0.39, 0.29) is 12.4 Å². The Morgan fingerprint density at radius 1 is 1.28 bits per heavy atom. The number of hydrogen-bond acceptors (Lipinski definition) is 2. The number of aryl methyl sites for hydroxylation is 1. The van der Waals surface area contributed by atoms with Gasteiger partial charge in [0.1, 0.15) is 18.8 Å². The third kappa shape index (κ3) is 2.42. The molecule has 94 valence electrons. The van der Waals surface area contributed by atoms with Crippen molar-refractivity contribution >= 4 is 22.5 Å². The summed E-state index contributed by atoms with van der Waals surface area (Å²) in [4.78, 5) is 2.32. The summed E-state index contributed by atoms with van der Waals surface area (Å²) in [7, 11) is 0. The second-order valence-corrected chi connectivity index (χ2v) is 5.07. The van der Waals surface area contributed by atoms with Gasteiger partial charge in [0.15, 0.2) is 0 Å². The highest BCUT2D eigenvalue weighted by atomic mass is 35.5. The first kappa shape index (κ1) is 13.1. The molecular formula is C14H15ClN2S. The highest BCUT2D eigenvalue weighted by Crippen LogP contribution is 2.23. The van der Waals surface area contributed by atoms with Gasteiger partial charge in [0.05, 0.1) is 6.20 Å². The third-order valence-electron chi connectivity index (χ3n) is 3.05. The highest BCUT2D eigenvalue weighted by Gasteiger charge is 2.28. The van der Waals surface area contributed by atoms with E-state index >= 15 is 0 Å². The summed E-state index contributed by atoms with van der Waals surface area (Å²) < 4.78 is 2.38. The number of rotatable bonds is 2. The Balaban J connectivity index is 0.00000120. The number of anilines is 1. The van der Waals surface area contributed by atoms with E-state index in [2.05, 4.69) is 58.3 Å². The molecule has 2 aromatic rings. The van der Waals surface area contributed by atoms with E-state index in [4.69, 9.17) is 0 Å². The van der Waals surface area contributed by atoms with Crippen molar-refractivity contribution in [2.24, 2.45) is 0 Å². The van der Waals surface area contributed by atoms with Crippen molar-refractivity contribution in [2.75, 3.05) is 11.4 Å². The molecule has 4 heteroatoms. The van der Waals surface area contributed by atoms with Crippen LogP contribution in [0.4, 0.5) is 5.13 Å². The number of hydrogen-bond donors (Lipinski definition) is 0. The van der Waals surface area contributed by atoms with Crippen LogP contribution in [0.15, 0.2) is 41.9 Å². The van der Waals surface area contributed by atoms with Crippen molar-refractivity contribution in [3.63, 3.8) is 0 Å². The molecule has 1 aromatic carbocycles. The lowest BCUT2D eigenvalue weighted by molar-refractivity contribution is -0.672. The largest absolute Gasteiger partial charge is 1.00 e. The van der Waals surface area contributed by atoms with Crippen molar-refractivity contribution in [2.45, 2.75) is 13.5 Å². The molecule has 0 saturated carbocycles. The van der Waals surface area contributed by atoms with Crippen LogP contribution in [0.1, 0.15) is 11.3 Å². The van der Waals surface area contributed by atoms with Gasteiger partial charge in [-0.2, -0.15) is 0 Å². The molecule has 0 radical (unpaired) electrons. The maximum atomic E-state index is 2.38. The van der Waals surface area contributed by atoms with Gasteiger partial charge in [-0.3, -0.25) is 0 Å². The van der Waals surface area contributed by atoms with Crippen molar-refractivity contribution in [1.29, 1.82) is 0 Å². The van der Waals surface area contributed by atoms with Gasteiger partial charge in [0.25, 0.3) is 0 Å². The smallest absolute Gasteiger partial charge is 0.341 e. The minimum atomic E-state index is 0. The predicted octanol–water partition coefficient (Wildman–Crippen LogP) is -0.161. The van der Waals surface area contributed by atoms with Gasteiger partial charge in [-0.15, -0.1) is 0 Å². The van der Waals surface area contributed by atoms with Gasteiger partial charge in [0.2, 0.25) is 0 Å². The summed E-state index contributed by atoms with van der Waals surface area (Å²) in [6, 6.07) is 10.4. The van der Waals surface area contributed by atoms with E-state index in [9.17, 15) is 0 Å². The lowest BCUT2D eigenvalue weighted by Crippen LogP contribution is -3.00. The number of halogens is 1. The second-order valence-electron chi connectivity index (χ2n) is 4.23. The maximum absolute atomic E-state index is 2.38. The van der Waals surface area contributed by atoms with E-state index in [0.29, 0.717) is 0 Å². The molecule has 0 saturated heterocycles. The van der Waals surface area contributed by atoms with Crippen LogP contribution in [-0.4, -0.2) is 6.54 Å². The van der Waals surface area contributed by atoms with Gasteiger partial charge >= 0.3 is 5.13 Å². The molecule has 1 aliphatic rings. The van der Waals surface area contributed by atoms with Crippen molar-refractivity contribution < 1.29 is 17.0 Å². The Kier molecular flexibility index (Phi) is 4.04. The molecule has 0 spiro atoms. The summed E-state index contributed by atoms with van der Waals surface area (Å²) in [6.07, 6.45) is 4.36. The van der Waals surface area contributed by atoms with Crippen LogP contribution in [-0.2, 0) is 6.54 Å². The van der Waals surface area contributed by atoms with E-state index in [0.717, 1.165) is 13.1 Å². The summed E-state index contributed by atoms with van der Waals surface area (Å²) >= 11 is 1.82. The predicted molar refractivity (Wildman–Crippen MR) is 72.1 cm³/mol. The second kappa shape index (κ2) is 5.55. The first-order valence-electron chi connectivity index (χ1n) is 5.82. The zero-order valence-electron chi connectivity index (χ0n) is 10.2. The number of thiazole rings is 1. The van der Waals surface area contributed by atoms with Crippen LogP contribution >= 0.6 is 11.3 Å². The van der Waals surface area contributed by atoms with Crippen molar-refractivity contribution in [3.05, 3.63) is 53.2 Å². The van der Waals surface area contributed by atoms with E-state index in [1.807, 2.05) is 17.4 Å². The summed E-state index contributed by atoms with van der Waals surface area (Å²) in [5, 5.41) is 3.56. The van der Waals surface area contributed by atoms with Crippen LogP contribution in [0, 0.1) is 6.92 Å². The van der Waals surface area contributed by atoms with Crippen LogP contribution in [0.5, 0.6) is 0 Å². The van der Waals surface area contributed by atoms with E-state index in [1.54, 1.807) is 0 Å². The fourth-order valence-electron chi connectivity index (χ4n) is 2.09. The monoisotopic (exact) mass is 278 g/mol. The molecule has 2 nitrogen and oxygen atoms in total.